The van der Waals surface area contributed by atoms with Crippen LogP contribution >= 0.6 is 19.6 Å². The van der Waals surface area contributed by atoms with E-state index in [9.17, 15) is 33.3 Å². The van der Waals surface area contributed by atoms with E-state index in [0.29, 0.717) is 5.56 Å². The second-order valence-electron chi connectivity index (χ2n) is 11.7. The first-order valence-electron chi connectivity index (χ1n) is 14.0. The van der Waals surface area contributed by atoms with Crippen molar-refractivity contribution in [2.75, 3.05) is 32.9 Å². The Morgan fingerprint density at radius 1 is 1.07 bits per heavy atom. The predicted octanol–water partition coefficient (Wildman–Crippen LogP) is 4.25. The molecule has 1 fully saturated rings. The van der Waals surface area contributed by atoms with Crippen molar-refractivity contribution in [2.45, 2.75) is 66.0 Å². The van der Waals surface area contributed by atoms with Gasteiger partial charge in [-0.05, 0) is 6.42 Å². The molecular weight excluding hydrogens is 633 g/mol. The molecular formula is C29H40NO13PS. The van der Waals surface area contributed by atoms with Crippen molar-refractivity contribution in [3.63, 3.8) is 0 Å². The Labute approximate surface area is 266 Å². The van der Waals surface area contributed by atoms with Crippen LogP contribution < -0.4 is 5.32 Å². The number of ketones is 2. The van der Waals surface area contributed by atoms with Crippen molar-refractivity contribution in [3.8, 4) is 0 Å². The van der Waals surface area contributed by atoms with E-state index in [2.05, 4.69) is 10.1 Å². The van der Waals surface area contributed by atoms with Gasteiger partial charge in [-0.1, -0.05) is 76.7 Å². The van der Waals surface area contributed by atoms with Gasteiger partial charge in [-0.3, -0.25) is 28.2 Å². The Hall–Kier alpha value is -3.10. The molecule has 0 bridgehead atoms. The minimum absolute atomic E-state index is 0.0176. The molecule has 3 atom stereocenters. The maximum absolute atomic E-state index is 13.1. The Morgan fingerprint density at radius 2 is 1.73 bits per heavy atom. The molecule has 0 aromatic heterocycles. The van der Waals surface area contributed by atoms with Crippen LogP contribution in [0.2, 0.25) is 0 Å². The van der Waals surface area contributed by atoms with Gasteiger partial charge >= 0.3 is 25.9 Å². The molecule has 1 aromatic rings. The molecule has 1 aliphatic heterocycles. The molecule has 0 spiro atoms. The number of carbonyl (C=O) groups excluding carboxylic acids is 6. The molecule has 45 heavy (non-hydrogen) atoms. The maximum atomic E-state index is 13.1. The van der Waals surface area contributed by atoms with Gasteiger partial charge in [0.15, 0.2) is 23.3 Å². The first kappa shape index (κ1) is 38.1. The Bertz CT molecular complexity index is 1280. The van der Waals surface area contributed by atoms with E-state index < -0.39 is 73.8 Å². The lowest BCUT2D eigenvalue weighted by molar-refractivity contribution is -0.144. The fourth-order valence-corrected chi connectivity index (χ4v) is 6.14. The fourth-order valence-electron chi connectivity index (χ4n) is 3.64. The van der Waals surface area contributed by atoms with Gasteiger partial charge in [-0.25, -0.2) is 18.7 Å². The molecule has 1 heterocycles. The van der Waals surface area contributed by atoms with Crippen molar-refractivity contribution < 1.29 is 61.1 Å². The number of thioether (sulfide) groups is 1. The van der Waals surface area contributed by atoms with Crippen molar-refractivity contribution in [3.05, 3.63) is 35.9 Å². The summed E-state index contributed by atoms with van der Waals surface area (Å²) in [5.41, 5.74) is -1.30. The molecule has 1 unspecified atom stereocenters. The monoisotopic (exact) mass is 673 g/mol. The molecule has 0 saturated carbocycles. The van der Waals surface area contributed by atoms with E-state index in [1.54, 1.807) is 65.0 Å². The molecule has 1 aliphatic rings. The summed E-state index contributed by atoms with van der Waals surface area (Å²) in [5.74, 6) is -2.60. The van der Waals surface area contributed by atoms with Gasteiger partial charge in [0.05, 0.1) is 13.7 Å². The summed E-state index contributed by atoms with van der Waals surface area (Å²) in [7, 11) is -3.13. The van der Waals surface area contributed by atoms with Crippen LogP contribution in [0.5, 0.6) is 0 Å². The molecule has 1 aromatic carbocycles. The largest absolute Gasteiger partial charge is 0.478 e. The van der Waals surface area contributed by atoms with Crippen molar-refractivity contribution in [2.24, 2.45) is 10.8 Å². The standard InChI is InChI=1S/C29H40NO13PS/c1-28(2,3)26(35)45-16-20(25(34)39-15-22(32)19-11-8-7-9-12-19)30-27(36)40-18-42-44(37)41-17-29(4,5)24(43-44)21(31)13-10-14-23(33)38-6/h7-9,11-12,20,24H,10,13-18H2,1-6H3,(H,30,36)/t20-,24-,44?/m0/s1. The highest BCUT2D eigenvalue weighted by Crippen LogP contribution is 2.57. The third-order valence-electron chi connectivity index (χ3n) is 6.28. The zero-order chi connectivity index (χ0) is 33.8. The summed E-state index contributed by atoms with van der Waals surface area (Å²) >= 11 is 0.781. The van der Waals surface area contributed by atoms with Crippen LogP contribution in [0.25, 0.3) is 0 Å². The van der Waals surface area contributed by atoms with E-state index in [1.165, 1.54) is 7.11 Å². The average molecular weight is 674 g/mol. The summed E-state index contributed by atoms with van der Waals surface area (Å²) < 4.78 is 43.3. The Morgan fingerprint density at radius 3 is 2.36 bits per heavy atom. The second-order valence-corrected chi connectivity index (χ2v) is 14.3. The van der Waals surface area contributed by atoms with E-state index in [0.717, 1.165) is 11.8 Å². The van der Waals surface area contributed by atoms with Gasteiger partial charge in [0.2, 0.25) is 6.79 Å². The number of carbonyl (C=O) groups is 6. The SMILES string of the molecule is COC(=O)CCCC(=O)[C@@H]1OP(=O)(OCOC(=O)N[C@@H](CSC(=O)C(C)(C)C)C(=O)OCC(=O)c2ccccc2)OCC1(C)C. The maximum Gasteiger partial charge on any atom is 0.478 e. The normalized spacial score (nSPS) is 19.9. The molecule has 1 saturated heterocycles. The fraction of sp³-hybridized carbons (Fsp3) is 0.586. The highest BCUT2D eigenvalue weighted by atomic mass is 32.2. The Balaban J connectivity index is 1.97. The number of hydrogen-bond donors (Lipinski definition) is 1. The van der Waals surface area contributed by atoms with Crippen LogP contribution in [0.15, 0.2) is 30.3 Å². The van der Waals surface area contributed by atoms with E-state index in [4.69, 9.17) is 23.0 Å². The van der Waals surface area contributed by atoms with Crippen LogP contribution in [0, 0.1) is 10.8 Å². The van der Waals surface area contributed by atoms with Crippen LogP contribution in [0.1, 0.15) is 64.2 Å². The van der Waals surface area contributed by atoms with Gasteiger partial charge in [-0.2, -0.15) is 0 Å². The Kier molecular flexibility index (Phi) is 14.4. The zero-order valence-corrected chi connectivity index (χ0v) is 27.9. The number of alkyl carbamates (subject to hydrolysis) is 1. The number of phosphoric acid groups is 1. The number of rotatable bonds is 15. The number of Topliss-reactive ketones (excluding diaryl/α,β-unsaturated/α-hetero) is 2. The molecule has 14 nitrogen and oxygen atoms in total. The molecule has 1 amide bonds. The molecule has 0 radical (unpaired) electrons. The summed E-state index contributed by atoms with van der Waals surface area (Å²) in [6, 6.07) is 6.72. The van der Waals surface area contributed by atoms with Crippen LogP contribution in [-0.2, 0) is 51.5 Å². The number of ether oxygens (including phenoxy) is 3. The van der Waals surface area contributed by atoms with Gasteiger partial charge in [0, 0.05) is 35.0 Å². The molecule has 16 heteroatoms. The topological polar surface area (TPSA) is 187 Å². The summed E-state index contributed by atoms with van der Waals surface area (Å²) in [5, 5.41) is 1.99. The zero-order valence-electron chi connectivity index (χ0n) is 26.2. The number of esters is 2. The molecule has 250 valence electrons. The molecule has 2 rings (SSSR count). The third kappa shape index (κ3) is 12.7. The van der Waals surface area contributed by atoms with Gasteiger partial charge in [-0.15, -0.1) is 0 Å². The summed E-state index contributed by atoms with van der Waals surface area (Å²) in [6.07, 6.45) is -2.23. The highest BCUT2D eigenvalue weighted by molar-refractivity contribution is 8.13. The molecule has 1 N–H and O–H groups in total. The number of phosphoric ester groups is 1. The first-order valence-corrected chi connectivity index (χ1v) is 16.4. The van der Waals surface area contributed by atoms with Crippen LogP contribution in [-0.4, -0.2) is 79.7 Å². The second kappa shape index (κ2) is 17.0. The quantitative estimate of drug-likeness (QED) is 0.0915. The third-order valence-corrected chi connectivity index (χ3v) is 8.99. The number of nitrogens with one attached hydrogen (secondary N) is 1. The van der Waals surface area contributed by atoms with Crippen molar-refractivity contribution in [1.29, 1.82) is 0 Å². The van der Waals surface area contributed by atoms with Crippen LogP contribution in [0.4, 0.5) is 4.79 Å². The van der Waals surface area contributed by atoms with Crippen molar-refractivity contribution in [1.82, 2.24) is 5.32 Å². The molecule has 0 aliphatic carbocycles. The summed E-state index contributed by atoms with van der Waals surface area (Å²) in [6.45, 7) is 6.66. The first-order chi connectivity index (χ1) is 21.0. The minimum Gasteiger partial charge on any atom is -0.469 e. The smallest absolute Gasteiger partial charge is 0.469 e. The lowest BCUT2D eigenvalue weighted by atomic mass is 9.84. The van der Waals surface area contributed by atoms with Gasteiger partial charge < -0.3 is 19.5 Å². The lowest BCUT2D eigenvalue weighted by Gasteiger charge is -2.39. The highest BCUT2D eigenvalue weighted by Gasteiger charge is 2.48. The number of hydrogen-bond acceptors (Lipinski definition) is 14. The van der Waals surface area contributed by atoms with E-state index in [-0.39, 0.29) is 36.7 Å². The van der Waals surface area contributed by atoms with Gasteiger partial charge in [0.1, 0.15) is 12.1 Å². The van der Waals surface area contributed by atoms with E-state index >= 15 is 0 Å². The minimum atomic E-state index is -4.36. The van der Waals surface area contributed by atoms with Crippen molar-refractivity contribution >= 4 is 54.3 Å². The van der Waals surface area contributed by atoms with Gasteiger partial charge in [0.25, 0.3) is 0 Å². The number of methoxy groups -OCH3 is 1. The van der Waals surface area contributed by atoms with Crippen LogP contribution in [0.3, 0.4) is 0 Å². The predicted molar refractivity (Wildman–Crippen MR) is 161 cm³/mol. The van der Waals surface area contributed by atoms with E-state index in [1.807, 2.05) is 0 Å². The number of amides is 1. The number of benzene rings is 1. The average Bonchev–Trinajstić information content (AvgIpc) is 2.98. The lowest BCUT2D eigenvalue weighted by Crippen LogP contribution is -2.45. The summed E-state index contributed by atoms with van der Waals surface area (Å²) in [4.78, 5) is 74.2.